The van der Waals surface area contributed by atoms with Crippen LogP contribution in [0.4, 0.5) is 0 Å². The zero-order valence-electron chi connectivity index (χ0n) is 11.1. The average molecular weight is 256 g/mol. The molecule has 0 aliphatic heterocycles. The van der Waals surface area contributed by atoms with Crippen molar-refractivity contribution in [2.75, 3.05) is 0 Å². The highest BCUT2D eigenvalue weighted by Gasteiger charge is 2.15. The maximum Gasteiger partial charge on any atom is 0.197 e. The largest absolute Gasteiger partial charge is 0.461 e. The van der Waals surface area contributed by atoms with E-state index >= 15 is 0 Å². The van der Waals surface area contributed by atoms with Crippen molar-refractivity contribution in [2.24, 2.45) is 12.8 Å². The summed E-state index contributed by atoms with van der Waals surface area (Å²) in [5.74, 6) is 1.31. The maximum absolute atomic E-state index is 5.80. The van der Waals surface area contributed by atoms with Crippen LogP contribution in [0.5, 0.6) is 0 Å². The van der Waals surface area contributed by atoms with E-state index in [1.54, 1.807) is 6.26 Å². The first-order valence-corrected chi connectivity index (χ1v) is 6.33. The van der Waals surface area contributed by atoms with E-state index in [9.17, 15) is 0 Å². The predicted molar refractivity (Wildman–Crippen MR) is 73.5 cm³/mol. The molecule has 0 fully saturated rings. The van der Waals surface area contributed by atoms with Gasteiger partial charge in [-0.2, -0.15) is 0 Å². The number of hydrogen-bond donors (Lipinski definition) is 1. The predicted octanol–water partition coefficient (Wildman–Crippen LogP) is 2.25. The van der Waals surface area contributed by atoms with Gasteiger partial charge < -0.3 is 14.7 Å². The molecule has 0 saturated heterocycles. The first kappa shape index (κ1) is 11.9. The zero-order chi connectivity index (χ0) is 13.4. The molecule has 0 spiro atoms. The van der Waals surface area contributed by atoms with Gasteiger partial charge in [0.2, 0.25) is 0 Å². The van der Waals surface area contributed by atoms with E-state index in [1.807, 2.05) is 29.9 Å². The van der Waals surface area contributed by atoms with Crippen LogP contribution in [-0.2, 0) is 20.0 Å². The van der Waals surface area contributed by atoms with Crippen LogP contribution in [0.15, 0.2) is 29.0 Å². The van der Waals surface area contributed by atoms with Gasteiger partial charge in [0, 0.05) is 25.2 Å². The van der Waals surface area contributed by atoms with E-state index in [-0.39, 0.29) is 0 Å². The van der Waals surface area contributed by atoms with Gasteiger partial charge in [0.25, 0.3) is 0 Å². The van der Waals surface area contributed by atoms with Crippen molar-refractivity contribution in [2.45, 2.75) is 19.9 Å². The molecular formula is C14H16N4O. The lowest BCUT2D eigenvalue weighted by Crippen LogP contribution is -2.00. The second-order valence-corrected chi connectivity index (χ2v) is 4.49. The van der Waals surface area contributed by atoms with Crippen LogP contribution in [0.25, 0.3) is 22.6 Å². The van der Waals surface area contributed by atoms with E-state index in [4.69, 9.17) is 10.2 Å². The standard InChI is InChI=1S/C14H16N4O/c1-3-10-12-9(7-15)8-18(2)14(12)17-13(16-10)11-5-4-6-19-11/h4-6,8H,3,7,15H2,1-2H3. The van der Waals surface area contributed by atoms with Gasteiger partial charge in [-0.15, -0.1) is 0 Å². The van der Waals surface area contributed by atoms with Gasteiger partial charge in [-0.25, -0.2) is 9.97 Å². The Bertz CT molecular complexity index is 713. The Hall–Kier alpha value is -2.14. The van der Waals surface area contributed by atoms with Gasteiger partial charge in [-0.1, -0.05) is 6.92 Å². The van der Waals surface area contributed by atoms with E-state index < -0.39 is 0 Å². The summed E-state index contributed by atoms with van der Waals surface area (Å²) in [6.45, 7) is 2.58. The fraction of sp³-hybridized carbons (Fsp3) is 0.286. The fourth-order valence-electron chi connectivity index (χ4n) is 2.36. The van der Waals surface area contributed by atoms with Crippen molar-refractivity contribution in [3.05, 3.63) is 35.9 Å². The number of nitrogens with zero attached hydrogens (tertiary/aromatic N) is 3. The van der Waals surface area contributed by atoms with Gasteiger partial charge in [0.05, 0.1) is 12.0 Å². The molecule has 0 bridgehead atoms. The molecule has 19 heavy (non-hydrogen) atoms. The Morgan fingerprint density at radius 2 is 2.21 bits per heavy atom. The second kappa shape index (κ2) is 4.51. The number of rotatable bonds is 3. The lowest BCUT2D eigenvalue weighted by molar-refractivity contribution is 0.577. The van der Waals surface area contributed by atoms with Crippen LogP contribution in [0, 0.1) is 0 Å². The van der Waals surface area contributed by atoms with Gasteiger partial charge in [0.1, 0.15) is 5.65 Å². The summed E-state index contributed by atoms with van der Waals surface area (Å²) in [6.07, 6.45) is 4.49. The number of fused-ring (bicyclic) bond motifs is 1. The fourth-order valence-corrected chi connectivity index (χ4v) is 2.36. The monoisotopic (exact) mass is 256 g/mol. The SMILES string of the molecule is CCc1nc(-c2ccco2)nc2c1c(CN)cn2C. The lowest BCUT2D eigenvalue weighted by Gasteiger charge is -2.05. The lowest BCUT2D eigenvalue weighted by atomic mass is 10.1. The van der Waals surface area contributed by atoms with E-state index in [0.717, 1.165) is 28.7 Å². The molecule has 0 saturated carbocycles. The van der Waals surface area contributed by atoms with Crippen molar-refractivity contribution in [3.8, 4) is 11.6 Å². The third-order valence-electron chi connectivity index (χ3n) is 3.27. The molecule has 5 heteroatoms. The van der Waals surface area contributed by atoms with Gasteiger partial charge in [-0.3, -0.25) is 0 Å². The molecule has 0 radical (unpaired) electrons. The molecule has 0 aromatic carbocycles. The maximum atomic E-state index is 5.80. The smallest absolute Gasteiger partial charge is 0.197 e. The van der Waals surface area contributed by atoms with E-state index in [1.165, 1.54) is 0 Å². The molecular weight excluding hydrogens is 240 g/mol. The quantitative estimate of drug-likeness (QED) is 0.780. The molecule has 98 valence electrons. The number of aryl methyl sites for hydroxylation is 2. The molecule has 3 heterocycles. The Morgan fingerprint density at radius 3 is 2.84 bits per heavy atom. The summed E-state index contributed by atoms with van der Waals surface area (Å²) >= 11 is 0. The van der Waals surface area contributed by atoms with Crippen molar-refractivity contribution >= 4 is 11.0 Å². The normalized spacial score (nSPS) is 11.3. The minimum absolute atomic E-state index is 0.494. The Morgan fingerprint density at radius 1 is 1.37 bits per heavy atom. The van der Waals surface area contributed by atoms with Crippen LogP contribution in [-0.4, -0.2) is 14.5 Å². The van der Waals surface area contributed by atoms with E-state index in [2.05, 4.69) is 16.9 Å². The molecule has 3 aromatic rings. The summed E-state index contributed by atoms with van der Waals surface area (Å²) in [4.78, 5) is 9.21. The summed E-state index contributed by atoms with van der Waals surface area (Å²) in [7, 11) is 1.97. The molecule has 3 aromatic heterocycles. The highest BCUT2D eigenvalue weighted by molar-refractivity contribution is 5.84. The topological polar surface area (TPSA) is 69.9 Å². The van der Waals surface area contributed by atoms with Gasteiger partial charge >= 0.3 is 0 Å². The van der Waals surface area contributed by atoms with Crippen LogP contribution in [0.3, 0.4) is 0 Å². The summed E-state index contributed by atoms with van der Waals surface area (Å²) in [5, 5.41) is 1.07. The van der Waals surface area contributed by atoms with Crippen molar-refractivity contribution in [1.82, 2.24) is 14.5 Å². The number of nitrogens with two attached hydrogens (primary N) is 1. The van der Waals surface area contributed by atoms with Gasteiger partial charge in [0.15, 0.2) is 11.6 Å². The molecule has 0 unspecified atom stereocenters. The first-order valence-electron chi connectivity index (χ1n) is 6.33. The van der Waals surface area contributed by atoms with Crippen molar-refractivity contribution in [3.63, 3.8) is 0 Å². The number of furan rings is 1. The molecule has 0 aliphatic carbocycles. The third kappa shape index (κ3) is 1.82. The number of aromatic nitrogens is 3. The summed E-state index contributed by atoms with van der Waals surface area (Å²) < 4.78 is 7.37. The Kier molecular flexibility index (Phi) is 2.83. The van der Waals surface area contributed by atoms with Gasteiger partial charge in [-0.05, 0) is 24.1 Å². The third-order valence-corrected chi connectivity index (χ3v) is 3.27. The van der Waals surface area contributed by atoms with Crippen LogP contribution in [0.1, 0.15) is 18.2 Å². The minimum Gasteiger partial charge on any atom is -0.461 e. The highest BCUT2D eigenvalue weighted by Crippen LogP contribution is 2.26. The molecule has 2 N–H and O–H groups in total. The summed E-state index contributed by atoms with van der Waals surface area (Å²) in [6, 6.07) is 3.71. The zero-order valence-corrected chi connectivity index (χ0v) is 11.1. The van der Waals surface area contributed by atoms with Crippen LogP contribution < -0.4 is 5.73 Å². The second-order valence-electron chi connectivity index (χ2n) is 4.49. The summed E-state index contributed by atoms with van der Waals surface area (Å²) in [5.41, 5.74) is 8.79. The van der Waals surface area contributed by atoms with E-state index in [0.29, 0.717) is 18.1 Å². The van der Waals surface area contributed by atoms with Crippen molar-refractivity contribution in [1.29, 1.82) is 0 Å². The average Bonchev–Trinajstić information content (AvgIpc) is 3.06. The first-order chi connectivity index (χ1) is 9.24. The molecule has 0 aliphatic rings. The molecule has 5 nitrogen and oxygen atoms in total. The van der Waals surface area contributed by atoms with Crippen LogP contribution >= 0.6 is 0 Å². The Balaban J connectivity index is 2.32. The minimum atomic E-state index is 0.494. The highest BCUT2D eigenvalue weighted by atomic mass is 16.3. The molecule has 0 atom stereocenters. The van der Waals surface area contributed by atoms with Crippen molar-refractivity contribution < 1.29 is 4.42 Å². The Labute approximate surface area is 111 Å². The molecule has 3 rings (SSSR count). The van der Waals surface area contributed by atoms with Crippen LogP contribution in [0.2, 0.25) is 0 Å². The number of hydrogen-bond acceptors (Lipinski definition) is 4. The molecule has 0 amide bonds.